The van der Waals surface area contributed by atoms with Crippen LogP contribution in [0.4, 0.5) is 5.69 Å². The van der Waals surface area contributed by atoms with Crippen LogP contribution in [0.1, 0.15) is 39.1 Å². The highest BCUT2D eigenvalue weighted by Crippen LogP contribution is 2.34. The fraction of sp³-hybridized carbons (Fsp3) is 0.565. The Morgan fingerprint density at radius 1 is 1.10 bits per heavy atom. The van der Waals surface area contributed by atoms with Crippen molar-refractivity contribution in [3.63, 3.8) is 0 Å². The van der Waals surface area contributed by atoms with Crippen LogP contribution < -0.4 is 4.90 Å². The SMILES string of the molecule is CC(C(=O)N1CCSc2ccccc21)N1CCCN(Cc2nccn2C(C)C)CC1. The summed E-state index contributed by atoms with van der Waals surface area (Å²) < 4.78 is 2.25. The minimum absolute atomic E-state index is 0.0984. The second-order valence-electron chi connectivity index (χ2n) is 8.49. The molecule has 2 aromatic rings. The predicted molar refractivity (Wildman–Crippen MR) is 123 cm³/mol. The van der Waals surface area contributed by atoms with Crippen LogP contribution in [0.15, 0.2) is 41.6 Å². The smallest absolute Gasteiger partial charge is 0.244 e. The number of carbonyl (C=O) groups excluding carboxylic acids is 1. The number of anilines is 1. The van der Waals surface area contributed by atoms with Gasteiger partial charge in [-0.25, -0.2) is 4.98 Å². The Kier molecular flexibility index (Phi) is 6.80. The first-order chi connectivity index (χ1) is 14.5. The molecule has 1 unspecified atom stereocenters. The molecule has 0 spiro atoms. The summed E-state index contributed by atoms with van der Waals surface area (Å²) in [6.07, 6.45) is 5.04. The molecule has 1 fully saturated rings. The first-order valence-electron chi connectivity index (χ1n) is 11.1. The predicted octanol–water partition coefficient (Wildman–Crippen LogP) is 3.50. The largest absolute Gasteiger partial charge is 0.331 e. The van der Waals surface area contributed by atoms with Gasteiger partial charge in [0.25, 0.3) is 0 Å². The van der Waals surface area contributed by atoms with Crippen LogP contribution >= 0.6 is 11.8 Å². The third-order valence-corrected chi connectivity index (χ3v) is 7.24. The summed E-state index contributed by atoms with van der Waals surface area (Å²) in [5, 5.41) is 0. The van der Waals surface area contributed by atoms with Crippen molar-refractivity contribution in [1.82, 2.24) is 19.4 Å². The Balaban J connectivity index is 1.38. The molecular formula is C23H33N5OS. The lowest BCUT2D eigenvalue weighted by molar-refractivity contribution is -0.123. The summed E-state index contributed by atoms with van der Waals surface area (Å²) >= 11 is 1.84. The highest BCUT2D eigenvalue weighted by Gasteiger charge is 2.31. The van der Waals surface area contributed by atoms with Crippen molar-refractivity contribution < 1.29 is 4.79 Å². The van der Waals surface area contributed by atoms with Crippen LogP contribution in [-0.4, -0.2) is 69.8 Å². The number of thioether (sulfide) groups is 1. The second kappa shape index (κ2) is 9.54. The molecule has 1 amide bonds. The molecule has 0 aliphatic carbocycles. The summed E-state index contributed by atoms with van der Waals surface area (Å²) in [6.45, 7) is 12.0. The standard InChI is InChI=1S/C23H33N5OS/c1-18(2)27-12-9-24-22(27)17-25-10-6-11-26(14-13-25)19(3)23(29)28-15-16-30-21-8-5-4-7-20(21)28/h4-5,7-9,12,18-19H,6,10-11,13-17H2,1-3H3. The molecule has 1 aromatic carbocycles. The number of aromatic nitrogens is 2. The summed E-state index contributed by atoms with van der Waals surface area (Å²) in [5.74, 6) is 2.32. The lowest BCUT2D eigenvalue weighted by Crippen LogP contribution is -2.49. The molecule has 0 saturated carbocycles. The van der Waals surface area contributed by atoms with E-state index in [4.69, 9.17) is 0 Å². The molecular weight excluding hydrogens is 394 g/mol. The maximum Gasteiger partial charge on any atom is 0.244 e. The number of nitrogens with zero attached hydrogens (tertiary/aromatic N) is 5. The monoisotopic (exact) mass is 427 g/mol. The molecule has 0 bridgehead atoms. The Hall–Kier alpha value is -1.83. The van der Waals surface area contributed by atoms with E-state index in [1.807, 2.05) is 28.9 Å². The molecule has 2 aliphatic heterocycles. The van der Waals surface area contributed by atoms with Gasteiger partial charge in [0.05, 0.1) is 18.3 Å². The molecule has 162 valence electrons. The second-order valence-corrected chi connectivity index (χ2v) is 9.63. The van der Waals surface area contributed by atoms with E-state index < -0.39 is 0 Å². The van der Waals surface area contributed by atoms with Gasteiger partial charge < -0.3 is 9.47 Å². The molecule has 2 aliphatic rings. The highest BCUT2D eigenvalue weighted by molar-refractivity contribution is 7.99. The maximum absolute atomic E-state index is 13.4. The van der Waals surface area contributed by atoms with Gasteiger partial charge in [-0.3, -0.25) is 14.6 Å². The first-order valence-corrected chi connectivity index (χ1v) is 12.0. The Morgan fingerprint density at radius 3 is 2.77 bits per heavy atom. The molecule has 7 heteroatoms. The number of amides is 1. The number of hydrogen-bond acceptors (Lipinski definition) is 5. The van der Waals surface area contributed by atoms with Crippen molar-refractivity contribution in [1.29, 1.82) is 0 Å². The van der Waals surface area contributed by atoms with Crippen molar-refractivity contribution in [3.8, 4) is 0 Å². The fourth-order valence-electron chi connectivity index (χ4n) is 4.45. The average Bonchev–Trinajstić information content (AvgIpc) is 3.10. The number of fused-ring (bicyclic) bond motifs is 1. The van der Waals surface area contributed by atoms with Crippen LogP contribution in [0, 0.1) is 0 Å². The van der Waals surface area contributed by atoms with Crippen molar-refractivity contribution in [3.05, 3.63) is 42.5 Å². The Bertz CT molecular complexity index is 867. The number of hydrogen-bond donors (Lipinski definition) is 0. The van der Waals surface area contributed by atoms with E-state index in [-0.39, 0.29) is 11.9 Å². The van der Waals surface area contributed by atoms with E-state index in [2.05, 4.69) is 64.5 Å². The van der Waals surface area contributed by atoms with Gasteiger partial charge in [0.1, 0.15) is 5.82 Å². The van der Waals surface area contributed by atoms with E-state index in [0.717, 1.165) is 63.0 Å². The fourth-order valence-corrected chi connectivity index (χ4v) is 5.45. The molecule has 6 nitrogen and oxygen atoms in total. The number of rotatable bonds is 5. The normalized spacial score (nSPS) is 19.5. The van der Waals surface area contributed by atoms with Gasteiger partial charge in [-0.2, -0.15) is 0 Å². The Labute approximate surface area is 184 Å². The van der Waals surface area contributed by atoms with Crippen molar-refractivity contribution in [2.24, 2.45) is 0 Å². The van der Waals surface area contributed by atoms with Gasteiger partial charge in [0, 0.05) is 55.3 Å². The molecule has 4 rings (SSSR count). The molecule has 3 heterocycles. The third-order valence-electron chi connectivity index (χ3n) is 6.19. The number of benzene rings is 1. The van der Waals surface area contributed by atoms with E-state index in [1.165, 1.54) is 4.90 Å². The molecule has 30 heavy (non-hydrogen) atoms. The number of para-hydroxylation sites is 1. The molecule has 0 N–H and O–H groups in total. The minimum atomic E-state index is -0.0984. The van der Waals surface area contributed by atoms with Crippen LogP contribution in [0.2, 0.25) is 0 Å². The third kappa shape index (κ3) is 4.58. The zero-order chi connectivity index (χ0) is 21.1. The van der Waals surface area contributed by atoms with Gasteiger partial charge in [-0.1, -0.05) is 12.1 Å². The number of imidazole rings is 1. The van der Waals surface area contributed by atoms with Crippen molar-refractivity contribution >= 4 is 23.4 Å². The van der Waals surface area contributed by atoms with Crippen molar-refractivity contribution in [2.45, 2.75) is 50.7 Å². The zero-order valence-corrected chi connectivity index (χ0v) is 19.1. The summed E-state index contributed by atoms with van der Waals surface area (Å²) in [5.41, 5.74) is 1.07. The Morgan fingerprint density at radius 2 is 1.93 bits per heavy atom. The highest BCUT2D eigenvalue weighted by atomic mass is 32.2. The zero-order valence-electron chi connectivity index (χ0n) is 18.3. The van der Waals surface area contributed by atoms with Gasteiger partial charge in [0.2, 0.25) is 5.91 Å². The van der Waals surface area contributed by atoms with Crippen LogP contribution in [-0.2, 0) is 11.3 Å². The van der Waals surface area contributed by atoms with E-state index in [1.54, 1.807) is 0 Å². The number of carbonyl (C=O) groups is 1. The topological polar surface area (TPSA) is 44.6 Å². The molecule has 1 atom stereocenters. The van der Waals surface area contributed by atoms with E-state index in [9.17, 15) is 4.79 Å². The first kappa shape index (κ1) is 21.4. The van der Waals surface area contributed by atoms with Crippen molar-refractivity contribution in [2.75, 3.05) is 43.4 Å². The lowest BCUT2D eigenvalue weighted by Gasteiger charge is -2.35. The van der Waals surface area contributed by atoms with Gasteiger partial charge >= 0.3 is 0 Å². The van der Waals surface area contributed by atoms with Crippen LogP contribution in [0.3, 0.4) is 0 Å². The molecule has 0 radical (unpaired) electrons. The minimum Gasteiger partial charge on any atom is -0.331 e. The van der Waals surface area contributed by atoms with Crippen LogP contribution in [0.25, 0.3) is 0 Å². The van der Waals surface area contributed by atoms with Gasteiger partial charge in [-0.05, 0) is 45.9 Å². The molecule has 1 aromatic heterocycles. The quantitative estimate of drug-likeness (QED) is 0.731. The lowest BCUT2D eigenvalue weighted by atomic mass is 10.2. The maximum atomic E-state index is 13.4. The molecule has 1 saturated heterocycles. The summed E-state index contributed by atoms with van der Waals surface area (Å²) in [7, 11) is 0. The van der Waals surface area contributed by atoms with E-state index >= 15 is 0 Å². The average molecular weight is 428 g/mol. The summed E-state index contributed by atoms with van der Waals surface area (Å²) in [6, 6.07) is 8.60. The van der Waals surface area contributed by atoms with Gasteiger partial charge in [-0.15, -0.1) is 11.8 Å². The summed E-state index contributed by atoms with van der Waals surface area (Å²) in [4.78, 5) is 26.0. The van der Waals surface area contributed by atoms with E-state index in [0.29, 0.717) is 6.04 Å². The van der Waals surface area contributed by atoms with Crippen LogP contribution in [0.5, 0.6) is 0 Å². The van der Waals surface area contributed by atoms with Gasteiger partial charge in [0.15, 0.2) is 0 Å².